The van der Waals surface area contributed by atoms with Gasteiger partial charge in [0.05, 0.1) is 18.8 Å². The molecule has 1 aliphatic rings. The van der Waals surface area contributed by atoms with Gasteiger partial charge in [-0.05, 0) is 36.8 Å². The molecule has 8 heteroatoms. The second-order valence-electron chi connectivity index (χ2n) is 6.24. The van der Waals surface area contributed by atoms with Gasteiger partial charge in [-0.3, -0.25) is 0 Å². The Morgan fingerprint density at radius 2 is 2.12 bits per heavy atom. The number of halogens is 3. The summed E-state index contributed by atoms with van der Waals surface area (Å²) in [5, 5.41) is 3.16. The van der Waals surface area contributed by atoms with Crippen LogP contribution in [0, 0.1) is 0 Å². The molecule has 0 saturated carbocycles. The van der Waals surface area contributed by atoms with Crippen molar-refractivity contribution in [1.82, 2.24) is 4.98 Å². The lowest BCUT2D eigenvalue weighted by Gasteiger charge is -2.19. The number of rotatable bonds is 5. The Balaban J connectivity index is 1.73. The van der Waals surface area contributed by atoms with Crippen LogP contribution in [0.2, 0.25) is 0 Å². The molecule has 0 amide bonds. The molecule has 0 radical (unpaired) electrons. The summed E-state index contributed by atoms with van der Waals surface area (Å²) in [5.41, 5.74) is 6.08. The fraction of sp³-hybridized carbons (Fsp3) is 0.389. The Kier molecular flexibility index (Phi) is 5.22. The van der Waals surface area contributed by atoms with E-state index >= 15 is 0 Å². The number of alkyl halides is 3. The van der Waals surface area contributed by atoms with Crippen LogP contribution in [0.5, 0.6) is 5.88 Å². The number of anilines is 2. The number of nitrogens with one attached hydrogen (secondary N) is 1. The Labute approximate surface area is 149 Å². The SMILES string of the molecule is C[C@@H](Nc1ccnc(O[C@H]2CCOC2)c1)c1cc(N)cc(C(F)(F)F)c1. The van der Waals surface area contributed by atoms with Crippen LogP contribution in [0.1, 0.15) is 30.5 Å². The Hall–Kier alpha value is -2.48. The van der Waals surface area contributed by atoms with E-state index in [1.165, 1.54) is 6.07 Å². The van der Waals surface area contributed by atoms with E-state index in [-0.39, 0.29) is 17.8 Å². The Bertz CT molecular complexity index is 762. The maximum atomic E-state index is 13.0. The van der Waals surface area contributed by atoms with Crippen molar-refractivity contribution in [3.8, 4) is 5.88 Å². The van der Waals surface area contributed by atoms with Gasteiger partial charge in [0.25, 0.3) is 0 Å². The van der Waals surface area contributed by atoms with Gasteiger partial charge in [0, 0.05) is 36.1 Å². The summed E-state index contributed by atoms with van der Waals surface area (Å²) in [4.78, 5) is 4.16. The lowest BCUT2D eigenvalue weighted by Crippen LogP contribution is -2.16. The average Bonchev–Trinajstić information content (AvgIpc) is 3.06. The standard InChI is InChI=1S/C18H20F3N3O2/c1-11(12-6-13(18(19,20)21)8-14(22)7-12)24-15-2-4-23-17(9-15)26-16-3-5-25-10-16/h2,4,6-9,11,16H,3,5,10,22H2,1H3,(H,23,24)/t11-,16+/m1/s1. The summed E-state index contributed by atoms with van der Waals surface area (Å²) in [5.74, 6) is 0.446. The first kappa shape index (κ1) is 18.3. The van der Waals surface area contributed by atoms with E-state index in [0.29, 0.717) is 30.3 Å². The molecule has 5 nitrogen and oxygen atoms in total. The van der Waals surface area contributed by atoms with Gasteiger partial charge in [-0.15, -0.1) is 0 Å². The van der Waals surface area contributed by atoms with Gasteiger partial charge in [-0.2, -0.15) is 13.2 Å². The summed E-state index contributed by atoms with van der Waals surface area (Å²) >= 11 is 0. The minimum Gasteiger partial charge on any atom is -0.472 e. The third-order valence-corrected chi connectivity index (χ3v) is 4.10. The van der Waals surface area contributed by atoms with Crippen LogP contribution in [0.3, 0.4) is 0 Å². The summed E-state index contributed by atoms with van der Waals surface area (Å²) in [6.07, 6.45) is -2.08. The summed E-state index contributed by atoms with van der Waals surface area (Å²) in [6, 6.07) is 6.61. The number of hydrogen-bond donors (Lipinski definition) is 2. The van der Waals surface area contributed by atoms with Gasteiger partial charge in [0.15, 0.2) is 0 Å². The predicted octanol–water partition coefficient (Wildman–Crippen LogP) is 4.02. The molecule has 2 heterocycles. The van der Waals surface area contributed by atoms with Crippen LogP contribution >= 0.6 is 0 Å². The minimum atomic E-state index is -4.44. The third kappa shape index (κ3) is 4.57. The number of nitrogens with two attached hydrogens (primary N) is 1. The van der Waals surface area contributed by atoms with Crippen molar-refractivity contribution in [2.75, 3.05) is 24.3 Å². The molecule has 140 valence electrons. The topological polar surface area (TPSA) is 69.4 Å². The van der Waals surface area contributed by atoms with Crippen molar-refractivity contribution in [3.05, 3.63) is 47.7 Å². The minimum absolute atomic E-state index is 0.0292. The molecular weight excluding hydrogens is 347 g/mol. The van der Waals surface area contributed by atoms with Crippen LogP contribution in [-0.2, 0) is 10.9 Å². The zero-order valence-corrected chi connectivity index (χ0v) is 14.2. The summed E-state index contributed by atoms with van der Waals surface area (Å²) < 4.78 is 49.9. The first-order valence-corrected chi connectivity index (χ1v) is 8.26. The van der Waals surface area contributed by atoms with Crippen LogP contribution in [0.25, 0.3) is 0 Å². The molecule has 1 aromatic carbocycles. The highest BCUT2D eigenvalue weighted by atomic mass is 19.4. The van der Waals surface area contributed by atoms with Crippen molar-refractivity contribution < 1.29 is 22.6 Å². The number of aromatic nitrogens is 1. The highest BCUT2D eigenvalue weighted by Crippen LogP contribution is 2.33. The normalized spacial score (nSPS) is 18.5. The Morgan fingerprint density at radius 3 is 2.81 bits per heavy atom. The molecule has 1 fully saturated rings. The first-order chi connectivity index (χ1) is 12.3. The maximum absolute atomic E-state index is 13.0. The van der Waals surface area contributed by atoms with Crippen LogP contribution < -0.4 is 15.8 Å². The fourth-order valence-electron chi connectivity index (χ4n) is 2.76. The van der Waals surface area contributed by atoms with Gasteiger partial charge < -0.3 is 20.5 Å². The summed E-state index contributed by atoms with van der Waals surface area (Å²) in [6.45, 7) is 2.95. The van der Waals surface area contributed by atoms with Crippen LogP contribution in [0.15, 0.2) is 36.5 Å². The third-order valence-electron chi connectivity index (χ3n) is 4.10. The van der Waals surface area contributed by atoms with E-state index < -0.39 is 11.7 Å². The zero-order chi connectivity index (χ0) is 18.7. The first-order valence-electron chi connectivity index (χ1n) is 8.26. The van der Waals surface area contributed by atoms with Crippen molar-refractivity contribution in [2.45, 2.75) is 31.7 Å². The number of pyridine rings is 1. The number of ether oxygens (including phenoxy) is 2. The van der Waals surface area contributed by atoms with E-state index in [9.17, 15) is 13.2 Å². The van der Waals surface area contributed by atoms with Crippen molar-refractivity contribution in [2.24, 2.45) is 0 Å². The Morgan fingerprint density at radius 1 is 1.31 bits per heavy atom. The molecule has 1 aliphatic heterocycles. The quantitative estimate of drug-likeness (QED) is 0.781. The molecule has 0 unspecified atom stereocenters. The van der Waals surface area contributed by atoms with Crippen LogP contribution in [-0.4, -0.2) is 24.3 Å². The van der Waals surface area contributed by atoms with E-state index in [1.807, 2.05) is 0 Å². The number of hydrogen-bond acceptors (Lipinski definition) is 5. The summed E-state index contributed by atoms with van der Waals surface area (Å²) in [7, 11) is 0. The molecule has 1 saturated heterocycles. The second-order valence-corrected chi connectivity index (χ2v) is 6.24. The lowest BCUT2D eigenvalue weighted by atomic mass is 10.0. The zero-order valence-electron chi connectivity index (χ0n) is 14.2. The van der Waals surface area contributed by atoms with E-state index in [4.69, 9.17) is 15.2 Å². The highest BCUT2D eigenvalue weighted by molar-refractivity contribution is 5.51. The predicted molar refractivity (Wildman–Crippen MR) is 92.0 cm³/mol. The second kappa shape index (κ2) is 7.41. The molecule has 1 aromatic heterocycles. The molecule has 3 N–H and O–H groups in total. The van der Waals surface area contributed by atoms with Crippen LogP contribution in [0.4, 0.5) is 24.5 Å². The number of benzene rings is 1. The van der Waals surface area contributed by atoms with E-state index in [0.717, 1.165) is 18.6 Å². The monoisotopic (exact) mass is 367 g/mol. The molecular formula is C18H20F3N3O2. The van der Waals surface area contributed by atoms with E-state index in [2.05, 4.69) is 10.3 Å². The lowest BCUT2D eigenvalue weighted by molar-refractivity contribution is -0.137. The number of nitrogen functional groups attached to an aromatic ring is 1. The average molecular weight is 367 g/mol. The molecule has 26 heavy (non-hydrogen) atoms. The highest BCUT2D eigenvalue weighted by Gasteiger charge is 2.31. The molecule has 0 bridgehead atoms. The maximum Gasteiger partial charge on any atom is 0.416 e. The smallest absolute Gasteiger partial charge is 0.416 e. The van der Waals surface area contributed by atoms with Gasteiger partial charge >= 0.3 is 6.18 Å². The molecule has 2 atom stereocenters. The van der Waals surface area contributed by atoms with Crippen molar-refractivity contribution in [1.29, 1.82) is 0 Å². The van der Waals surface area contributed by atoms with Gasteiger partial charge in [-0.1, -0.05) is 0 Å². The van der Waals surface area contributed by atoms with Gasteiger partial charge in [0.1, 0.15) is 6.10 Å². The molecule has 0 spiro atoms. The van der Waals surface area contributed by atoms with E-state index in [1.54, 1.807) is 25.3 Å². The number of nitrogens with zero attached hydrogens (tertiary/aromatic N) is 1. The largest absolute Gasteiger partial charge is 0.472 e. The fourth-order valence-corrected chi connectivity index (χ4v) is 2.76. The molecule has 2 aromatic rings. The van der Waals surface area contributed by atoms with Gasteiger partial charge in [-0.25, -0.2) is 4.98 Å². The molecule has 0 aliphatic carbocycles. The molecule has 3 rings (SSSR count). The van der Waals surface area contributed by atoms with Gasteiger partial charge in [0.2, 0.25) is 5.88 Å². The van der Waals surface area contributed by atoms with Crippen molar-refractivity contribution >= 4 is 11.4 Å². The van der Waals surface area contributed by atoms with Crippen molar-refractivity contribution in [3.63, 3.8) is 0 Å².